The monoisotopic (exact) mass is 386 g/mol. The molecule has 0 aliphatic carbocycles. The van der Waals surface area contributed by atoms with Crippen LogP contribution in [0.4, 0.5) is 5.69 Å². The van der Waals surface area contributed by atoms with Crippen LogP contribution in [0, 0.1) is 0 Å². The zero-order chi connectivity index (χ0) is 18.1. The maximum absolute atomic E-state index is 13.0. The Morgan fingerprint density at radius 3 is 2.23 bits per heavy atom. The van der Waals surface area contributed by atoms with E-state index in [2.05, 4.69) is 4.90 Å². The van der Waals surface area contributed by atoms with Crippen LogP contribution < -0.4 is 4.90 Å². The molecule has 3 aromatic carbocycles. The molecule has 4 rings (SSSR count). The van der Waals surface area contributed by atoms with Gasteiger partial charge in [0.05, 0.1) is 4.90 Å². The number of rotatable bonds is 3. The molecule has 1 aliphatic heterocycles. The average molecular weight is 387 g/mol. The minimum Gasteiger partial charge on any atom is -0.369 e. The van der Waals surface area contributed by atoms with Gasteiger partial charge in [-0.3, -0.25) is 0 Å². The fourth-order valence-electron chi connectivity index (χ4n) is 3.34. The number of hydrogen-bond donors (Lipinski definition) is 0. The van der Waals surface area contributed by atoms with Crippen molar-refractivity contribution < 1.29 is 8.42 Å². The molecule has 3 aromatic rings. The van der Waals surface area contributed by atoms with Crippen LogP contribution in [0.1, 0.15) is 0 Å². The molecule has 0 saturated carbocycles. The number of hydrogen-bond acceptors (Lipinski definition) is 3. The van der Waals surface area contributed by atoms with Crippen molar-refractivity contribution in [2.75, 3.05) is 31.1 Å². The number of anilines is 1. The summed E-state index contributed by atoms with van der Waals surface area (Å²) in [6.07, 6.45) is 0. The largest absolute Gasteiger partial charge is 0.369 e. The van der Waals surface area contributed by atoms with E-state index in [1.807, 2.05) is 54.6 Å². The molecule has 0 unspecified atom stereocenters. The maximum Gasteiger partial charge on any atom is 0.243 e. The number of fused-ring (bicyclic) bond motifs is 1. The van der Waals surface area contributed by atoms with Gasteiger partial charge in [-0.2, -0.15) is 4.31 Å². The van der Waals surface area contributed by atoms with Crippen LogP contribution in [0.15, 0.2) is 71.6 Å². The van der Waals surface area contributed by atoms with E-state index in [4.69, 9.17) is 11.6 Å². The summed E-state index contributed by atoms with van der Waals surface area (Å²) in [4.78, 5) is 2.52. The van der Waals surface area contributed by atoms with E-state index in [0.29, 0.717) is 36.1 Å². The molecule has 0 spiro atoms. The topological polar surface area (TPSA) is 40.6 Å². The van der Waals surface area contributed by atoms with Gasteiger partial charge in [0.25, 0.3) is 0 Å². The molecule has 4 nitrogen and oxygen atoms in total. The Bertz CT molecular complexity index is 1040. The summed E-state index contributed by atoms with van der Waals surface area (Å²) in [5, 5.41) is 2.66. The molecule has 0 radical (unpaired) electrons. The summed E-state index contributed by atoms with van der Waals surface area (Å²) < 4.78 is 27.6. The van der Waals surface area contributed by atoms with Crippen molar-refractivity contribution >= 4 is 38.1 Å². The van der Waals surface area contributed by atoms with Crippen molar-refractivity contribution in [1.82, 2.24) is 4.31 Å². The summed E-state index contributed by atoms with van der Waals surface area (Å²) >= 11 is 6.06. The zero-order valence-corrected chi connectivity index (χ0v) is 15.7. The Morgan fingerprint density at radius 1 is 0.769 bits per heavy atom. The minimum absolute atomic E-state index is 0.354. The lowest BCUT2D eigenvalue weighted by Gasteiger charge is -2.35. The minimum atomic E-state index is -3.49. The number of benzene rings is 3. The molecule has 1 saturated heterocycles. The number of piperazine rings is 1. The van der Waals surface area contributed by atoms with E-state index in [-0.39, 0.29) is 0 Å². The summed E-state index contributed by atoms with van der Waals surface area (Å²) in [7, 11) is -3.49. The average Bonchev–Trinajstić information content (AvgIpc) is 2.67. The van der Waals surface area contributed by atoms with Crippen LogP contribution in [-0.2, 0) is 10.0 Å². The maximum atomic E-state index is 13.0. The second-order valence-electron chi connectivity index (χ2n) is 6.38. The molecule has 134 valence electrons. The van der Waals surface area contributed by atoms with Gasteiger partial charge >= 0.3 is 0 Å². The van der Waals surface area contributed by atoms with Crippen molar-refractivity contribution in [2.45, 2.75) is 4.90 Å². The molecule has 0 amide bonds. The lowest BCUT2D eigenvalue weighted by Crippen LogP contribution is -2.48. The standard InChI is InChI=1S/C20H19ClN2O2S/c21-18-6-3-7-19(15-18)22-10-12-23(13-11-22)26(24,25)20-9-8-16-4-1-2-5-17(16)14-20/h1-9,14-15H,10-13H2. The first-order chi connectivity index (χ1) is 12.5. The van der Waals surface area contributed by atoms with E-state index in [1.165, 1.54) is 0 Å². The third kappa shape index (κ3) is 3.30. The van der Waals surface area contributed by atoms with Crippen molar-refractivity contribution in [2.24, 2.45) is 0 Å². The van der Waals surface area contributed by atoms with Crippen LogP contribution in [-0.4, -0.2) is 38.9 Å². The lowest BCUT2D eigenvalue weighted by atomic mass is 10.1. The van der Waals surface area contributed by atoms with Gasteiger partial charge in [0.15, 0.2) is 0 Å². The Balaban J connectivity index is 1.54. The van der Waals surface area contributed by atoms with Gasteiger partial charge in [-0.15, -0.1) is 0 Å². The molecule has 1 aliphatic rings. The van der Waals surface area contributed by atoms with Gasteiger partial charge in [0.2, 0.25) is 10.0 Å². The first kappa shape index (κ1) is 17.3. The highest BCUT2D eigenvalue weighted by molar-refractivity contribution is 7.89. The van der Waals surface area contributed by atoms with Gasteiger partial charge in [-0.05, 0) is 41.1 Å². The summed E-state index contributed by atoms with van der Waals surface area (Å²) in [6, 6.07) is 20.8. The number of halogens is 1. The highest BCUT2D eigenvalue weighted by Crippen LogP contribution is 2.25. The molecule has 0 bridgehead atoms. The van der Waals surface area contributed by atoms with Gasteiger partial charge < -0.3 is 4.90 Å². The van der Waals surface area contributed by atoms with Gasteiger partial charge in [0.1, 0.15) is 0 Å². The van der Waals surface area contributed by atoms with Crippen LogP contribution in [0.2, 0.25) is 5.02 Å². The van der Waals surface area contributed by atoms with Crippen LogP contribution in [0.3, 0.4) is 0 Å². The molecule has 6 heteroatoms. The third-order valence-electron chi connectivity index (χ3n) is 4.77. The molecular formula is C20H19ClN2O2S. The van der Waals surface area contributed by atoms with Crippen LogP contribution in [0.5, 0.6) is 0 Å². The number of nitrogens with zero attached hydrogens (tertiary/aromatic N) is 2. The molecule has 0 atom stereocenters. The Kier molecular flexibility index (Phi) is 4.61. The molecule has 26 heavy (non-hydrogen) atoms. The van der Waals surface area contributed by atoms with Gasteiger partial charge in [-0.1, -0.05) is 48.0 Å². The first-order valence-electron chi connectivity index (χ1n) is 8.53. The van der Waals surface area contributed by atoms with E-state index >= 15 is 0 Å². The number of sulfonamides is 1. The highest BCUT2D eigenvalue weighted by Gasteiger charge is 2.28. The quantitative estimate of drug-likeness (QED) is 0.683. The fourth-order valence-corrected chi connectivity index (χ4v) is 4.98. The predicted octanol–water partition coefficient (Wildman–Crippen LogP) is 4.00. The van der Waals surface area contributed by atoms with Gasteiger partial charge in [-0.25, -0.2) is 8.42 Å². The first-order valence-corrected chi connectivity index (χ1v) is 10.4. The molecule has 0 aromatic heterocycles. The summed E-state index contributed by atoms with van der Waals surface area (Å²) in [6.45, 7) is 2.21. The molecular weight excluding hydrogens is 368 g/mol. The van der Waals surface area contributed by atoms with E-state index < -0.39 is 10.0 Å². The Labute approximate surface area is 158 Å². The lowest BCUT2D eigenvalue weighted by molar-refractivity contribution is 0.385. The van der Waals surface area contributed by atoms with E-state index in [0.717, 1.165) is 16.5 Å². The summed E-state index contributed by atoms with van der Waals surface area (Å²) in [5.41, 5.74) is 1.03. The van der Waals surface area contributed by atoms with E-state index in [1.54, 1.807) is 16.4 Å². The molecule has 1 fully saturated rings. The van der Waals surface area contributed by atoms with Crippen molar-refractivity contribution in [3.05, 3.63) is 71.8 Å². The van der Waals surface area contributed by atoms with Crippen molar-refractivity contribution in [1.29, 1.82) is 0 Å². The highest BCUT2D eigenvalue weighted by atomic mass is 35.5. The van der Waals surface area contributed by atoms with Crippen molar-refractivity contribution in [3.8, 4) is 0 Å². The third-order valence-corrected chi connectivity index (χ3v) is 6.90. The van der Waals surface area contributed by atoms with Crippen LogP contribution >= 0.6 is 11.6 Å². The van der Waals surface area contributed by atoms with Crippen LogP contribution in [0.25, 0.3) is 10.8 Å². The molecule has 0 N–H and O–H groups in total. The molecule has 1 heterocycles. The normalized spacial score (nSPS) is 16.1. The fraction of sp³-hybridized carbons (Fsp3) is 0.200. The SMILES string of the molecule is O=S(=O)(c1ccc2ccccc2c1)N1CCN(c2cccc(Cl)c2)CC1. The predicted molar refractivity (Wildman–Crippen MR) is 106 cm³/mol. The van der Waals surface area contributed by atoms with Crippen molar-refractivity contribution in [3.63, 3.8) is 0 Å². The summed E-state index contributed by atoms with van der Waals surface area (Å²) in [5.74, 6) is 0. The second-order valence-corrected chi connectivity index (χ2v) is 8.75. The van der Waals surface area contributed by atoms with Gasteiger partial charge in [0, 0.05) is 36.9 Å². The smallest absolute Gasteiger partial charge is 0.243 e. The zero-order valence-electron chi connectivity index (χ0n) is 14.2. The Morgan fingerprint density at radius 2 is 1.50 bits per heavy atom. The second kappa shape index (κ2) is 6.91. The van der Waals surface area contributed by atoms with E-state index in [9.17, 15) is 8.42 Å². The Hall–Kier alpha value is -2.08.